The van der Waals surface area contributed by atoms with Gasteiger partial charge in [0, 0.05) is 19.6 Å². The highest BCUT2D eigenvalue weighted by molar-refractivity contribution is 14.0. The van der Waals surface area contributed by atoms with Gasteiger partial charge in [-0.05, 0) is 18.4 Å². The molecule has 1 aromatic carbocycles. The lowest BCUT2D eigenvalue weighted by atomic mass is 9.96. The summed E-state index contributed by atoms with van der Waals surface area (Å²) < 4.78 is 0. The third-order valence-electron chi connectivity index (χ3n) is 3.92. The molecule has 0 radical (unpaired) electrons. The maximum Gasteiger partial charge on any atom is 0.239 e. The molecule has 23 heavy (non-hydrogen) atoms. The average molecular weight is 430 g/mol. The van der Waals surface area contributed by atoms with Gasteiger partial charge in [-0.1, -0.05) is 49.6 Å². The fourth-order valence-corrected chi connectivity index (χ4v) is 2.66. The summed E-state index contributed by atoms with van der Waals surface area (Å²) in [7, 11) is 1.74. The van der Waals surface area contributed by atoms with Crippen molar-refractivity contribution in [3.05, 3.63) is 35.9 Å². The van der Waals surface area contributed by atoms with E-state index in [4.69, 9.17) is 0 Å². The van der Waals surface area contributed by atoms with Crippen molar-refractivity contribution in [1.82, 2.24) is 16.0 Å². The van der Waals surface area contributed by atoms with Gasteiger partial charge in [0.15, 0.2) is 5.96 Å². The molecule has 2 rings (SSSR count). The van der Waals surface area contributed by atoms with E-state index in [0.717, 1.165) is 5.56 Å². The number of amides is 1. The van der Waals surface area contributed by atoms with Crippen LogP contribution >= 0.6 is 24.0 Å². The maximum atomic E-state index is 11.9. The Kier molecular flexibility index (Phi) is 9.66. The summed E-state index contributed by atoms with van der Waals surface area (Å²) in [6.45, 7) is 0.787. The smallest absolute Gasteiger partial charge is 0.239 e. The second-order valence-electron chi connectivity index (χ2n) is 5.67. The summed E-state index contributed by atoms with van der Waals surface area (Å²) in [5, 5.41) is 9.37. The van der Waals surface area contributed by atoms with Crippen LogP contribution in [0.15, 0.2) is 35.3 Å². The lowest BCUT2D eigenvalue weighted by molar-refractivity contribution is -0.120. The van der Waals surface area contributed by atoms with E-state index in [-0.39, 0.29) is 36.4 Å². The number of nitrogens with zero attached hydrogens (tertiary/aromatic N) is 1. The summed E-state index contributed by atoms with van der Waals surface area (Å²) in [6.07, 6.45) is 6.23. The molecule has 3 N–H and O–H groups in total. The van der Waals surface area contributed by atoms with Crippen molar-refractivity contribution in [3.63, 3.8) is 0 Å². The molecule has 1 aromatic rings. The predicted octanol–water partition coefficient (Wildman–Crippen LogP) is 2.42. The first-order chi connectivity index (χ1) is 10.8. The first kappa shape index (κ1) is 19.7. The largest absolute Gasteiger partial charge is 0.354 e. The normalized spacial score (nSPS) is 15.4. The van der Waals surface area contributed by atoms with Crippen LogP contribution in [-0.4, -0.2) is 31.5 Å². The van der Waals surface area contributed by atoms with E-state index in [1.807, 2.05) is 30.3 Å². The number of aliphatic imine (C=N–C) groups is 1. The van der Waals surface area contributed by atoms with E-state index in [1.54, 1.807) is 7.05 Å². The van der Waals surface area contributed by atoms with E-state index in [9.17, 15) is 4.79 Å². The Labute approximate surface area is 155 Å². The number of guanidine groups is 1. The molecular formula is C17H27IN4O. The van der Waals surface area contributed by atoms with Crippen LogP contribution in [0, 0.1) is 0 Å². The van der Waals surface area contributed by atoms with Crippen molar-refractivity contribution in [2.75, 3.05) is 13.6 Å². The zero-order valence-electron chi connectivity index (χ0n) is 13.7. The Bertz CT molecular complexity index is 487. The highest BCUT2D eigenvalue weighted by atomic mass is 127. The average Bonchev–Trinajstić information content (AvgIpc) is 2.58. The molecule has 0 aliphatic heterocycles. The summed E-state index contributed by atoms with van der Waals surface area (Å²) >= 11 is 0. The van der Waals surface area contributed by atoms with Crippen LogP contribution in [0.1, 0.15) is 37.7 Å². The van der Waals surface area contributed by atoms with Crippen molar-refractivity contribution < 1.29 is 4.79 Å². The molecule has 0 aromatic heterocycles. The Morgan fingerprint density at radius 1 is 1.13 bits per heavy atom. The number of rotatable bonds is 5. The second kappa shape index (κ2) is 11.3. The van der Waals surface area contributed by atoms with Crippen molar-refractivity contribution in [3.8, 4) is 0 Å². The molecular weight excluding hydrogens is 403 g/mol. The number of halogens is 1. The first-order valence-electron chi connectivity index (χ1n) is 8.06. The lowest BCUT2D eigenvalue weighted by Crippen LogP contribution is -2.47. The molecule has 1 fully saturated rings. The van der Waals surface area contributed by atoms with Gasteiger partial charge < -0.3 is 16.0 Å². The fraction of sp³-hybridized carbons (Fsp3) is 0.529. The predicted molar refractivity (Wildman–Crippen MR) is 105 cm³/mol. The molecule has 1 aliphatic carbocycles. The topological polar surface area (TPSA) is 65.5 Å². The van der Waals surface area contributed by atoms with Crippen molar-refractivity contribution in [2.45, 2.75) is 44.7 Å². The molecule has 0 unspecified atom stereocenters. The number of carbonyl (C=O) groups is 1. The standard InChI is InChI=1S/C17H26N4O.HI/c1-18-17(21-15-10-6-3-7-11-15)20-13-16(22)19-12-14-8-4-2-5-9-14;/h2,4-5,8-9,15H,3,6-7,10-13H2,1H3,(H,19,22)(H2,18,20,21);1H. The van der Waals surface area contributed by atoms with Gasteiger partial charge >= 0.3 is 0 Å². The van der Waals surface area contributed by atoms with Crippen LogP contribution in [0.2, 0.25) is 0 Å². The summed E-state index contributed by atoms with van der Waals surface area (Å²) in [6, 6.07) is 10.4. The Morgan fingerprint density at radius 3 is 2.48 bits per heavy atom. The van der Waals surface area contributed by atoms with Crippen LogP contribution in [0.25, 0.3) is 0 Å². The highest BCUT2D eigenvalue weighted by Gasteiger charge is 2.14. The third-order valence-corrected chi connectivity index (χ3v) is 3.92. The van der Waals surface area contributed by atoms with Crippen molar-refractivity contribution >= 4 is 35.8 Å². The molecule has 1 saturated carbocycles. The summed E-state index contributed by atoms with van der Waals surface area (Å²) in [4.78, 5) is 16.1. The van der Waals surface area contributed by atoms with Crippen LogP contribution in [0.4, 0.5) is 0 Å². The molecule has 0 heterocycles. The number of hydrogen-bond donors (Lipinski definition) is 3. The van der Waals surface area contributed by atoms with Gasteiger partial charge in [-0.2, -0.15) is 0 Å². The Balaban J connectivity index is 0.00000264. The SMILES string of the molecule is CN=C(NCC(=O)NCc1ccccc1)NC1CCCCC1.I. The quantitative estimate of drug-likeness (QED) is 0.382. The number of hydrogen-bond acceptors (Lipinski definition) is 2. The fourth-order valence-electron chi connectivity index (χ4n) is 2.66. The maximum absolute atomic E-state index is 11.9. The monoisotopic (exact) mass is 430 g/mol. The third kappa shape index (κ3) is 7.67. The van der Waals surface area contributed by atoms with Gasteiger partial charge in [0.1, 0.15) is 0 Å². The lowest BCUT2D eigenvalue weighted by Gasteiger charge is -2.24. The van der Waals surface area contributed by atoms with E-state index in [0.29, 0.717) is 18.5 Å². The number of benzene rings is 1. The molecule has 1 amide bonds. The zero-order valence-corrected chi connectivity index (χ0v) is 16.0. The minimum Gasteiger partial charge on any atom is -0.354 e. The summed E-state index contributed by atoms with van der Waals surface area (Å²) in [5.74, 6) is 0.678. The minimum atomic E-state index is -0.0320. The highest BCUT2D eigenvalue weighted by Crippen LogP contribution is 2.17. The van der Waals surface area contributed by atoms with Gasteiger partial charge in [0.2, 0.25) is 5.91 Å². The van der Waals surface area contributed by atoms with Crippen LogP contribution in [-0.2, 0) is 11.3 Å². The number of nitrogens with one attached hydrogen (secondary N) is 3. The van der Waals surface area contributed by atoms with E-state index < -0.39 is 0 Å². The molecule has 0 saturated heterocycles. The molecule has 128 valence electrons. The van der Waals surface area contributed by atoms with E-state index in [2.05, 4.69) is 20.9 Å². The number of carbonyl (C=O) groups excluding carboxylic acids is 1. The second-order valence-corrected chi connectivity index (χ2v) is 5.67. The minimum absolute atomic E-state index is 0. The van der Waals surface area contributed by atoms with Crippen molar-refractivity contribution in [1.29, 1.82) is 0 Å². The van der Waals surface area contributed by atoms with Gasteiger partial charge in [-0.15, -0.1) is 24.0 Å². The van der Waals surface area contributed by atoms with Crippen LogP contribution in [0.5, 0.6) is 0 Å². The Hall–Kier alpha value is -1.31. The van der Waals surface area contributed by atoms with Crippen molar-refractivity contribution in [2.24, 2.45) is 4.99 Å². The zero-order chi connectivity index (χ0) is 15.6. The molecule has 0 atom stereocenters. The van der Waals surface area contributed by atoms with Gasteiger partial charge in [-0.3, -0.25) is 9.79 Å². The summed E-state index contributed by atoms with van der Waals surface area (Å²) in [5.41, 5.74) is 1.10. The first-order valence-corrected chi connectivity index (χ1v) is 8.06. The van der Waals surface area contributed by atoms with Gasteiger partial charge in [0.05, 0.1) is 6.54 Å². The molecule has 1 aliphatic rings. The van der Waals surface area contributed by atoms with Crippen LogP contribution < -0.4 is 16.0 Å². The van der Waals surface area contributed by atoms with Gasteiger partial charge in [-0.25, -0.2) is 0 Å². The molecule has 0 spiro atoms. The molecule has 5 nitrogen and oxygen atoms in total. The van der Waals surface area contributed by atoms with E-state index >= 15 is 0 Å². The van der Waals surface area contributed by atoms with E-state index in [1.165, 1.54) is 32.1 Å². The van der Waals surface area contributed by atoms with Crippen LogP contribution in [0.3, 0.4) is 0 Å². The molecule has 6 heteroatoms. The van der Waals surface area contributed by atoms with Gasteiger partial charge in [0.25, 0.3) is 0 Å². The Morgan fingerprint density at radius 2 is 1.83 bits per heavy atom. The molecule has 0 bridgehead atoms.